The van der Waals surface area contributed by atoms with Gasteiger partial charge in [-0.25, -0.2) is 4.79 Å². The van der Waals surface area contributed by atoms with Gasteiger partial charge in [-0.3, -0.25) is 19.7 Å². The van der Waals surface area contributed by atoms with E-state index in [-0.39, 0.29) is 17.8 Å². The molecule has 0 aliphatic carbocycles. The number of hydrogen-bond acceptors (Lipinski definition) is 6. The average molecular weight is 399 g/mol. The molecule has 2 aromatic carbocycles. The molecule has 9 nitrogen and oxygen atoms in total. The number of amides is 2. The third-order valence-electron chi connectivity index (χ3n) is 4.11. The zero-order chi connectivity index (χ0) is 21.6. The lowest BCUT2D eigenvalue weighted by atomic mass is 10.1. The maximum Gasteiger partial charge on any atom is 0.339 e. The molecule has 0 saturated carbocycles. The summed E-state index contributed by atoms with van der Waals surface area (Å²) in [5.74, 6) is -1.97. The van der Waals surface area contributed by atoms with Crippen LogP contribution in [0.4, 0.5) is 11.4 Å². The number of benzene rings is 2. The van der Waals surface area contributed by atoms with Crippen molar-refractivity contribution < 1.29 is 24.0 Å². The smallest absolute Gasteiger partial charge is 0.339 e. The van der Waals surface area contributed by atoms with Gasteiger partial charge in [0.15, 0.2) is 6.10 Å². The molecule has 29 heavy (non-hydrogen) atoms. The average Bonchev–Trinajstić information content (AvgIpc) is 2.69. The van der Waals surface area contributed by atoms with Crippen molar-refractivity contribution in [2.45, 2.75) is 26.9 Å². The van der Waals surface area contributed by atoms with Gasteiger partial charge in [0.25, 0.3) is 11.6 Å². The van der Waals surface area contributed by atoms with Crippen molar-refractivity contribution >= 4 is 29.2 Å². The Morgan fingerprint density at radius 2 is 1.72 bits per heavy atom. The lowest BCUT2D eigenvalue weighted by Crippen LogP contribution is -2.40. The topological polar surface area (TPSA) is 128 Å². The summed E-state index contributed by atoms with van der Waals surface area (Å²) in [6.07, 6.45) is -1.19. The van der Waals surface area contributed by atoms with Crippen LogP contribution >= 0.6 is 0 Å². The number of rotatable bonds is 7. The van der Waals surface area contributed by atoms with E-state index in [0.717, 1.165) is 17.2 Å². The summed E-state index contributed by atoms with van der Waals surface area (Å²) in [7, 11) is 0. The summed E-state index contributed by atoms with van der Waals surface area (Å²) < 4.78 is 5.02. The highest BCUT2D eigenvalue weighted by molar-refractivity contribution is 5.97. The van der Waals surface area contributed by atoms with E-state index in [9.17, 15) is 24.5 Å². The van der Waals surface area contributed by atoms with Crippen molar-refractivity contribution in [3.63, 3.8) is 0 Å². The SMILES string of the molecule is Cc1cccc(C)c1NC(=O)CNC(=O)[C@H](C)OC(=O)c1cccc([N+](=O)[O-])c1. The van der Waals surface area contributed by atoms with Crippen LogP contribution in [0.1, 0.15) is 28.4 Å². The van der Waals surface area contributed by atoms with Gasteiger partial charge < -0.3 is 15.4 Å². The van der Waals surface area contributed by atoms with Gasteiger partial charge in [0.1, 0.15) is 0 Å². The minimum atomic E-state index is -1.19. The summed E-state index contributed by atoms with van der Waals surface area (Å²) in [6.45, 7) is 4.76. The molecule has 0 aromatic heterocycles. The minimum Gasteiger partial charge on any atom is -0.449 e. The number of hydrogen-bond donors (Lipinski definition) is 2. The fraction of sp³-hybridized carbons (Fsp3) is 0.250. The van der Waals surface area contributed by atoms with Crippen LogP contribution in [-0.4, -0.2) is 35.4 Å². The third kappa shape index (κ3) is 5.86. The number of nitro groups is 1. The maximum atomic E-state index is 12.1. The third-order valence-corrected chi connectivity index (χ3v) is 4.11. The molecule has 0 radical (unpaired) electrons. The van der Waals surface area contributed by atoms with Crippen molar-refractivity contribution in [1.82, 2.24) is 5.32 Å². The van der Waals surface area contributed by atoms with Crippen molar-refractivity contribution in [3.05, 3.63) is 69.3 Å². The van der Waals surface area contributed by atoms with Gasteiger partial charge in [0, 0.05) is 17.8 Å². The quantitative estimate of drug-likeness (QED) is 0.418. The number of anilines is 1. The fourth-order valence-electron chi connectivity index (χ4n) is 2.53. The zero-order valence-electron chi connectivity index (χ0n) is 16.2. The van der Waals surface area contributed by atoms with Gasteiger partial charge in [-0.1, -0.05) is 24.3 Å². The molecule has 0 bridgehead atoms. The highest BCUT2D eigenvalue weighted by Crippen LogP contribution is 2.19. The summed E-state index contributed by atoms with van der Waals surface area (Å²) in [5, 5.41) is 15.9. The normalized spacial score (nSPS) is 11.3. The molecule has 0 aliphatic rings. The Morgan fingerprint density at radius 1 is 1.10 bits per heavy atom. The second-order valence-corrected chi connectivity index (χ2v) is 6.39. The van der Waals surface area contributed by atoms with Crippen LogP contribution in [0.2, 0.25) is 0 Å². The molecule has 152 valence electrons. The Morgan fingerprint density at radius 3 is 2.34 bits per heavy atom. The highest BCUT2D eigenvalue weighted by Gasteiger charge is 2.21. The van der Waals surface area contributed by atoms with Crippen molar-refractivity contribution in [1.29, 1.82) is 0 Å². The minimum absolute atomic E-state index is 0.0494. The number of para-hydroxylation sites is 1. The second kappa shape index (κ2) is 9.45. The molecular weight excluding hydrogens is 378 g/mol. The molecule has 0 aliphatic heterocycles. The van der Waals surface area contributed by atoms with Gasteiger partial charge in [-0.2, -0.15) is 0 Å². The van der Waals surface area contributed by atoms with E-state index in [4.69, 9.17) is 4.74 Å². The summed E-state index contributed by atoms with van der Waals surface area (Å²) in [6, 6.07) is 10.6. The zero-order valence-corrected chi connectivity index (χ0v) is 16.2. The van der Waals surface area contributed by atoms with E-state index >= 15 is 0 Å². The number of nitrogens with one attached hydrogen (secondary N) is 2. The Hall–Kier alpha value is -3.75. The standard InChI is InChI=1S/C20H21N3O6/c1-12-6-4-7-13(2)18(12)22-17(24)11-21-19(25)14(3)29-20(26)15-8-5-9-16(10-15)23(27)28/h4-10,14H,11H2,1-3H3,(H,21,25)(H,22,24)/t14-/m0/s1. The molecule has 0 heterocycles. The number of non-ortho nitro benzene ring substituents is 1. The predicted molar refractivity (Wildman–Crippen MR) is 106 cm³/mol. The van der Waals surface area contributed by atoms with Crippen LogP contribution in [0.3, 0.4) is 0 Å². The molecule has 0 fully saturated rings. The summed E-state index contributed by atoms with van der Waals surface area (Å²) >= 11 is 0. The first-order valence-corrected chi connectivity index (χ1v) is 8.78. The molecule has 0 unspecified atom stereocenters. The van der Waals surface area contributed by atoms with Crippen LogP contribution in [0.5, 0.6) is 0 Å². The number of nitrogens with zero attached hydrogens (tertiary/aromatic N) is 1. The molecular formula is C20H21N3O6. The Balaban J connectivity index is 1.88. The molecule has 2 aromatic rings. The van der Waals surface area contributed by atoms with Crippen molar-refractivity contribution in [2.75, 3.05) is 11.9 Å². The van der Waals surface area contributed by atoms with Gasteiger partial charge >= 0.3 is 5.97 Å². The van der Waals surface area contributed by atoms with Crippen LogP contribution in [-0.2, 0) is 14.3 Å². The largest absolute Gasteiger partial charge is 0.449 e. The molecule has 2 rings (SSSR count). The van der Waals surface area contributed by atoms with Gasteiger partial charge in [-0.15, -0.1) is 0 Å². The summed E-state index contributed by atoms with van der Waals surface area (Å²) in [4.78, 5) is 46.4. The molecule has 2 amide bonds. The fourth-order valence-corrected chi connectivity index (χ4v) is 2.53. The number of carbonyl (C=O) groups is 3. The number of esters is 1. The van der Waals surface area contributed by atoms with Gasteiger partial charge in [-0.05, 0) is 38.0 Å². The number of ether oxygens (including phenoxy) is 1. The molecule has 0 saturated heterocycles. The van der Waals surface area contributed by atoms with Crippen LogP contribution in [0.15, 0.2) is 42.5 Å². The molecule has 2 N–H and O–H groups in total. The number of carbonyl (C=O) groups excluding carboxylic acids is 3. The molecule has 1 atom stereocenters. The Bertz CT molecular complexity index is 937. The first-order valence-electron chi connectivity index (χ1n) is 8.78. The number of aryl methyl sites for hydroxylation is 2. The second-order valence-electron chi connectivity index (χ2n) is 6.39. The predicted octanol–water partition coefficient (Wildman–Crippen LogP) is 2.51. The van der Waals surface area contributed by atoms with E-state index in [1.165, 1.54) is 25.1 Å². The first-order chi connectivity index (χ1) is 13.7. The monoisotopic (exact) mass is 399 g/mol. The maximum absolute atomic E-state index is 12.1. The first kappa shape index (κ1) is 21.5. The Labute approximate surface area is 167 Å². The van der Waals surface area contributed by atoms with Gasteiger partial charge in [0.05, 0.1) is 17.0 Å². The van der Waals surface area contributed by atoms with E-state index in [0.29, 0.717) is 5.69 Å². The van der Waals surface area contributed by atoms with E-state index in [1.54, 1.807) is 0 Å². The molecule has 9 heteroatoms. The lowest BCUT2D eigenvalue weighted by Gasteiger charge is -2.14. The van der Waals surface area contributed by atoms with Gasteiger partial charge in [0.2, 0.25) is 5.91 Å². The van der Waals surface area contributed by atoms with E-state index in [1.807, 2.05) is 32.0 Å². The molecule has 0 spiro atoms. The van der Waals surface area contributed by atoms with Crippen LogP contribution < -0.4 is 10.6 Å². The van der Waals surface area contributed by atoms with E-state index < -0.39 is 28.8 Å². The van der Waals surface area contributed by atoms with Crippen molar-refractivity contribution in [3.8, 4) is 0 Å². The van der Waals surface area contributed by atoms with Crippen LogP contribution in [0, 0.1) is 24.0 Å². The Kier molecular flexibility index (Phi) is 7.02. The highest BCUT2D eigenvalue weighted by atomic mass is 16.6. The summed E-state index contributed by atoms with van der Waals surface area (Å²) in [5.41, 5.74) is 2.15. The van der Waals surface area contributed by atoms with E-state index in [2.05, 4.69) is 10.6 Å². The van der Waals surface area contributed by atoms with Crippen molar-refractivity contribution in [2.24, 2.45) is 0 Å². The van der Waals surface area contributed by atoms with Crippen LogP contribution in [0.25, 0.3) is 0 Å². The number of nitro benzene ring substituents is 1. The lowest BCUT2D eigenvalue weighted by molar-refractivity contribution is -0.384.